The van der Waals surface area contributed by atoms with Crippen molar-refractivity contribution in [3.63, 3.8) is 0 Å². The molecule has 0 aliphatic heterocycles. The van der Waals surface area contributed by atoms with Crippen molar-refractivity contribution in [1.82, 2.24) is 0 Å². The lowest BCUT2D eigenvalue weighted by Crippen LogP contribution is -2.19. The number of furan rings is 3. The second-order valence-electron chi connectivity index (χ2n) is 5.37. The van der Waals surface area contributed by atoms with E-state index in [2.05, 4.69) is 18.2 Å². The summed E-state index contributed by atoms with van der Waals surface area (Å²) in [5, 5.41) is 0. The molecule has 0 aromatic carbocycles. The summed E-state index contributed by atoms with van der Waals surface area (Å²) in [4.78, 5) is 0. The molecule has 0 saturated heterocycles. The minimum absolute atomic E-state index is 0.239. The Morgan fingerprint density at radius 2 is 1.79 bits per heavy atom. The predicted molar refractivity (Wildman–Crippen MR) is 67.2 cm³/mol. The third kappa shape index (κ3) is 1.09. The van der Waals surface area contributed by atoms with E-state index in [-0.39, 0.29) is 5.92 Å². The summed E-state index contributed by atoms with van der Waals surface area (Å²) in [6.07, 6.45) is 6.26. The highest BCUT2D eigenvalue weighted by Crippen LogP contribution is 2.60. The Labute approximate surface area is 109 Å². The lowest BCUT2D eigenvalue weighted by Gasteiger charge is -2.27. The van der Waals surface area contributed by atoms with E-state index in [4.69, 9.17) is 13.3 Å². The monoisotopic (exact) mass is 252 g/mol. The van der Waals surface area contributed by atoms with Gasteiger partial charge >= 0.3 is 0 Å². The van der Waals surface area contributed by atoms with Crippen molar-refractivity contribution in [2.24, 2.45) is 0 Å². The minimum atomic E-state index is 0.239. The van der Waals surface area contributed by atoms with Gasteiger partial charge in [0.15, 0.2) is 0 Å². The third-order valence-electron chi connectivity index (χ3n) is 4.59. The molecule has 3 unspecified atom stereocenters. The van der Waals surface area contributed by atoms with Gasteiger partial charge in [0, 0.05) is 23.8 Å². The third-order valence-corrected chi connectivity index (χ3v) is 4.59. The molecule has 0 amide bonds. The molecule has 5 rings (SSSR count). The Morgan fingerprint density at radius 1 is 0.895 bits per heavy atom. The van der Waals surface area contributed by atoms with E-state index in [9.17, 15) is 0 Å². The molecule has 3 atom stereocenters. The van der Waals surface area contributed by atoms with Crippen LogP contribution in [0, 0.1) is 0 Å². The van der Waals surface area contributed by atoms with E-state index in [0.29, 0.717) is 11.8 Å². The van der Waals surface area contributed by atoms with Gasteiger partial charge in [0.25, 0.3) is 0 Å². The van der Waals surface area contributed by atoms with E-state index in [1.54, 1.807) is 18.8 Å². The summed E-state index contributed by atoms with van der Waals surface area (Å²) in [6.45, 7) is 0. The van der Waals surface area contributed by atoms with E-state index >= 15 is 0 Å². The van der Waals surface area contributed by atoms with Crippen LogP contribution in [-0.4, -0.2) is 0 Å². The van der Waals surface area contributed by atoms with E-state index in [1.807, 2.05) is 6.07 Å². The average Bonchev–Trinajstić information content (AvgIpc) is 3.17. The zero-order valence-corrected chi connectivity index (χ0v) is 10.2. The SMILES string of the molecule is c1coc(C2C3Cc4occc4C2c2occc23)c1. The van der Waals surface area contributed by atoms with E-state index < -0.39 is 0 Å². The molecule has 2 bridgehead atoms. The molecule has 0 fully saturated rings. The number of fused-ring (bicyclic) bond motifs is 7. The summed E-state index contributed by atoms with van der Waals surface area (Å²) in [5.41, 5.74) is 2.57. The lowest BCUT2D eigenvalue weighted by atomic mass is 9.75. The smallest absolute Gasteiger partial charge is 0.115 e. The van der Waals surface area contributed by atoms with Crippen LogP contribution in [0.25, 0.3) is 0 Å². The molecule has 3 heteroatoms. The fourth-order valence-corrected chi connectivity index (χ4v) is 3.89. The predicted octanol–water partition coefficient (Wildman–Crippen LogP) is 4.03. The molecule has 3 aromatic rings. The van der Waals surface area contributed by atoms with Crippen LogP contribution in [-0.2, 0) is 6.42 Å². The molecular formula is C16H12O3. The van der Waals surface area contributed by atoms with Crippen molar-refractivity contribution in [2.75, 3.05) is 0 Å². The largest absolute Gasteiger partial charge is 0.469 e. The summed E-state index contributed by atoms with van der Waals surface area (Å²) in [7, 11) is 0. The van der Waals surface area contributed by atoms with Gasteiger partial charge in [0.05, 0.1) is 24.7 Å². The Morgan fingerprint density at radius 3 is 2.68 bits per heavy atom. The molecule has 0 N–H and O–H groups in total. The van der Waals surface area contributed by atoms with Crippen molar-refractivity contribution in [2.45, 2.75) is 24.2 Å². The topological polar surface area (TPSA) is 39.4 Å². The molecule has 3 nitrogen and oxygen atoms in total. The number of rotatable bonds is 1. The Bertz CT molecular complexity index is 721. The van der Waals surface area contributed by atoms with Gasteiger partial charge < -0.3 is 13.3 Å². The van der Waals surface area contributed by atoms with Crippen LogP contribution in [0.15, 0.2) is 56.3 Å². The Hall–Kier alpha value is -2.16. The number of hydrogen-bond donors (Lipinski definition) is 0. The van der Waals surface area contributed by atoms with E-state index in [1.165, 1.54) is 11.1 Å². The van der Waals surface area contributed by atoms with Gasteiger partial charge in [-0.3, -0.25) is 0 Å². The van der Waals surface area contributed by atoms with Crippen LogP contribution in [0.3, 0.4) is 0 Å². The first-order valence-corrected chi connectivity index (χ1v) is 6.60. The van der Waals surface area contributed by atoms with Crippen molar-refractivity contribution in [1.29, 1.82) is 0 Å². The normalized spacial score (nSPS) is 27.3. The molecule has 3 aromatic heterocycles. The van der Waals surface area contributed by atoms with Crippen molar-refractivity contribution in [3.8, 4) is 0 Å². The fourth-order valence-electron chi connectivity index (χ4n) is 3.89. The van der Waals surface area contributed by atoms with Gasteiger partial charge in [-0.25, -0.2) is 0 Å². The van der Waals surface area contributed by atoms with Gasteiger partial charge in [-0.15, -0.1) is 0 Å². The molecule has 0 radical (unpaired) electrons. The highest BCUT2D eigenvalue weighted by atomic mass is 16.3. The molecule has 2 aliphatic carbocycles. The summed E-state index contributed by atoms with van der Waals surface area (Å²) in [5.74, 6) is 4.23. The quantitative estimate of drug-likeness (QED) is 0.656. The maximum Gasteiger partial charge on any atom is 0.115 e. The van der Waals surface area contributed by atoms with Crippen LogP contribution in [0.4, 0.5) is 0 Å². The molecule has 19 heavy (non-hydrogen) atoms. The zero-order valence-electron chi connectivity index (χ0n) is 10.2. The molecule has 3 heterocycles. The second-order valence-corrected chi connectivity index (χ2v) is 5.37. The Kier molecular flexibility index (Phi) is 1.66. The second kappa shape index (κ2) is 3.23. The molecule has 2 aliphatic rings. The van der Waals surface area contributed by atoms with Crippen molar-refractivity contribution >= 4 is 0 Å². The van der Waals surface area contributed by atoms with Gasteiger partial charge in [-0.2, -0.15) is 0 Å². The summed E-state index contributed by atoms with van der Waals surface area (Å²) >= 11 is 0. The minimum Gasteiger partial charge on any atom is -0.469 e. The van der Waals surface area contributed by atoms with Crippen LogP contribution in [0.1, 0.15) is 46.2 Å². The standard InChI is InChI=1S/C16H12O3/c1-2-12(17-5-1)14-11-8-13-10(4-6-18-13)15(14)16-9(11)3-7-19-16/h1-7,11,14-15H,8H2. The van der Waals surface area contributed by atoms with Crippen LogP contribution < -0.4 is 0 Å². The first-order valence-electron chi connectivity index (χ1n) is 6.60. The first kappa shape index (κ1) is 9.73. The highest BCUT2D eigenvalue weighted by Gasteiger charge is 2.51. The molecular weight excluding hydrogens is 240 g/mol. The summed E-state index contributed by atoms with van der Waals surface area (Å²) in [6, 6.07) is 8.20. The molecule has 0 spiro atoms. The van der Waals surface area contributed by atoms with Crippen molar-refractivity contribution in [3.05, 3.63) is 71.5 Å². The van der Waals surface area contributed by atoms with Gasteiger partial charge in [0.2, 0.25) is 0 Å². The summed E-state index contributed by atoms with van der Waals surface area (Å²) < 4.78 is 17.1. The van der Waals surface area contributed by atoms with Gasteiger partial charge in [0.1, 0.15) is 17.3 Å². The maximum atomic E-state index is 5.76. The zero-order chi connectivity index (χ0) is 12.4. The number of hydrogen-bond acceptors (Lipinski definition) is 3. The van der Waals surface area contributed by atoms with Crippen LogP contribution >= 0.6 is 0 Å². The molecule has 94 valence electrons. The first-order chi connectivity index (χ1) is 9.43. The lowest BCUT2D eigenvalue weighted by molar-refractivity contribution is 0.356. The van der Waals surface area contributed by atoms with Crippen LogP contribution in [0.2, 0.25) is 0 Å². The Balaban J connectivity index is 1.78. The van der Waals surface area contributed by atoms with Gasteiger partial charge in [-0.05, 0) is 29.8 Å². The van der Waals surface area contributed by atoms with Crippen LogP contribution in [0.5, 0.6) is 0 Å². The van der Waals surface area contributed by atoms with E-state index in [0.717, 1.165) is 23.7 Å². The van der Waals surface area contributed by atoms with Crippen molar-refractivity contribution < 1.29 is 13.3 Å². The van der Waals surface area contributed by atoms with Gasteiger partial charge in [-0.1, -0.05) is 0 Å². The fraction of sp³-hybridized carbons (Fsp3) is 0.250. The molecule has 0 saturated carbocycles. The average molecular weight is 252 g/mol. The maximum absolute atomic E-state index is 5.76. The highest BCUT2D eigenvalue weighted by molar-refractivity contribution is 5.50.